The zero-order valence-electron chi connectivity index (χ0n) is 10.4. The minimum Gasteiger partial charge on any atom is -0.351 e. The van der Waals surface area contributed by atoms with Crippen LogP contribution in [0.1, 0.15) is 5.82 Å². The van der Waals surface area contributed by atoms with Gasteiger partial charge in [-0.15, -0.1) is 0 Å². The quantitative estimate of drug-likeness (QED) is 0.633. The first kappa shape index (κ1) is 13.3. The van der Waals surface area contributed by atoms with Gasteiger partial charge in [0.2, 0.25) is 0 Å². The molecule has 0 saturated heterocycles. The molecular formula is C11H12ClN5O2. The summed E-state index contributed by atoms with van der Waals surface area (Å²) in [5.74, 6) is 1.33. The van der Waals surface area contributed by atoms with E-state index in [9.17, 15) is 10.1 Å². The van der Waals surface area contributed by atoms with Crippen molar-refractivity contribution in [3.63, 3.8) is 0 Å². The molecule has 0 fully saturated rings. The zero-order valence-corrected chi connectivity index (χ0v) is 11.2. The molecule has 2 aromatic rings. The number of rotatable bonds is 4. The highest BCUT2D eigenvalue weighted by atomic mass is 35.5. The number of halogens is 1. The van der Waals surface area contributed by atoms with Crippen LogP contribution in [0, 0.1) is 10.1 Å². The van der Waals surface area contributed by atoms with E-state index in [0.29, 0.717) is 12.4 Å². The van der Waals surface area contributed by atoms with Gasteiger partial charge in [-0.3, -0.25) is 10.1 Å². The molecule has 0 amide bonds. The maximum atomic E-state index is 10.6. The third-order valence-electron chi connectivity index (χ3n) is 2.68. The Morgan fingerprint density at radius 3 is 2.79 bits per heavy atom. The van der Waals surface area contributed by atoms with Crippen molar-refractivity contribution in [3.05, 3.63) is 45.6 Å². The molecule has 0 saturated carbocycles. The maximum absolute atomic E-state index is 10.6. The van der Waals surface area contributed by atoms with Crippen molar-refractivity contribution < 1.29 is 4.92 Å². The van der Waals surface area contributed by atoms with Gasteiger partial charge in [0.15, 0.2) is 0 Å². The normalized spacial score (nSPS) is 10.5. The summed E-state index contributed by atoms with van der Waals surface area (Å²) in [4.78, 5) is 20.1. The molecule has 100 valence electrons. The second-order valence-corrected chi connectivity index (χ2v) is 4.47. The van der Waals surface area contributed by atoms with E-state index in [1.54, 1.807) is 18.1 Å². The summed E-state index contributed by atoms with van der Waals surface area (Å²) in [6.07, 6.45) is 4.73. The summed E-state index contributed by atoms with van der Waals surface area (Å²) in [5.41, 5.74) is -0.126. The number of anilines is 1. The fourth-order valence-corrected chi connectivity index (χ4v) is 1.94. The Balaban J connectivity index is 2.22. The van der Waals surface area contributed by atoms with E-state index in [4.69, 9.17) is 11.6 Å². The predicted octanol–water partition coefficient (Wildman–Crippen LogP) is 2.01. The van der Waals surface area contributed by atoms with Gasteiger partial charge in [0, 0.05) is 32.6 Å². The first-order valence-electron chi connectivity index (χ1n) is 5.46. The molecular weight excluding hydrogens is 270 g/mol. The molecule has 7 nitrogen and oxygen atoms in total. The largest absolute Gasteiger partial charge is 0.351 e. The number of aromatic nitrogens is 3. The van der Waals surface area contributed by atoms with Crippen molar-refractivity contribution in [3.8, 4) is 0 Å². The molecule has 0 aliphatic carbocycles. The van der Waals surface area contributed by atoms with Gasteiger partial charge in [0.1, 0.15) is 17.8 Å². The molecule has 0 spiro atoms. The van der Waals surface area contributed by atoms with E-state index in [2.05, 4.69) is 9.97 Å². The highest BCUT2D eigenvalue weighted by Gasteiger charge is 2.15. The predicted molar refractivity (Wildman–Crippen MR) is 71.2 cm³/mol. The van der Waals surface area contributed by atoms with Crippen LogP contribution in [0.4, 0.5) is 11.5 Å². The van der Waals surface area contributed by atoms with Crippen LogP contribution in [0.5, 0.6) is 0 Å². The van der Waals surface area contributed by atoms with Gasteiger partial charge in [-0.2, -0.15) is 0 Å². The highest BCUT2D eigenvalue weighted by Crippen LogP contribution is 2.26. The number of aryl methyl sites for hydroxylation is 1. The molecule has 0 aliphatic rings. The summed E-state index contributed by atoms with van der Waals surface area (Å²) in [7, 11) is 3.69. The number of nitrogens with zero attached hydrogens (tertiary/aromatic N) is 5. The summed E-state index contributed by atoms with van der Waals surface area (Å²) >= 11 is 6.01. The molecule has 0 aromatic carbocycles. The first-order valence-corrected chi connectivity index (χ1v) is 5.84. The van der Waals surface area contributed by atoms with Crippen LogP contribution < -0.4 is 4.90 Å². The summed E-state index contributed by atoms with van der Waals surface area (Å²) in [5, 5.41) is 10.9. The topological polar surface area (TPSA) is 77.1 Å². The van der Waals surface area contributed by atoms with Crippen LogP contribution in [0.15, 0.2) is 24.7 Å². The third-order valence-corrected chi connectivity index (χ3v) is 2.96. The summed E-state index contributed by atoms with van der Waals surface area (Å²) in [6.45, 7) is 0.508. The highest BCUT2D eigenvalue weighted by molar-refractivity contribution is 6.33. The van der Waals surface area contributed by atoms with E-state index in [-0.39, 0.29) is 10.7 Å². The molecule has 0 bridgehead atoms. The molecule has 0 atom stereocenters. The summed E-state index contributed by atoms with van der Waals surface area (Å²) < 4.78 is 1.88. The van der Waals surface area contributed by atoms with E-state index < -0.39 is 4.92 Å². The molecule has 19 heavy (non-hydrogen) atoms. The number of hydrogen-bond donors (Lipinski definition) is 0. The lowest BCUT2D eigenvalue weighted by Crippen LogP contribution is -2.20. The molecule has 2 rings (SSSR count). The minimum atomic E-state index is -0.526. The average molecular weight is 282 g/mol. The fraction of sp³-hybridized carbons (Fsp3) is 0.273. The van der Waals surface area contributed by atoms with E-state index in [1.807, 2.05) is 17.8 Å². The smallest absolute Gasteiger partial charge is 0.289 e. The SMILES string of the molecule is CN(Cc1nccn1C)c1ncc([N+](=O)[O-])cc1Cl. The monoisotopic (exact) mass is 281 g/mol. The van der Waals surface area contributed by atoms with Crippen LogP contribution in [0.2, 0.25) is 5.02 Å². The Bertz CT molecular complexity index is 613. The lowest BCUT2D eigenvalue weighted by atomic mass is 10.4. The standard InChI is InChI=1S/C11H12ClN5O2/c1-15-4-3-13-10(15)7-16(2)11-9(12)5-8(6-14-11)17(18)19/h3-6H,7H2,1-2H3. The second-order valence-electron chi connectivity index (χ2n) is 4.07. The molecule has 8 heteroatoms. The maximum Gasteiger partial charge on any atom is 0.289 e. The molecule has 0 aliphatic heterocycles. The van der Waals surface area contributed by atoms with Gasteiger partial charge in [-0.25, -0.2) is 9.97 Å². The Morgan fingerprint density at radius 2 is 2.26 bits per heavy atom. The van der Waals surface area contributed by atoms with Gasteiger partial charge in [-0.1, -0.05) is 11.6 Å². The number of nitro groups is 1. The summed E-state index contributed by atoms with van der Waals surface area (Å²) in [6, 6.07) is 1.29. The van der Waals surface area contributed by atoms with Crippen molar-refractivity contribution in [2.75, 3.05) is 11.9 Å². The van der Waals surface area contributed by atoms with Gasteiger partial charge in [-0.05, 0) is 0 Å². The minimum absolute atomic E-state index is 0.126. The molecule has 0 unspecified atom stereocenters. The van der Waals surface area contributed by atoms with E-state index >= 15 is 0 Å². The van der Waals surface area contributed by atoms with Gasteiger partial charge in [0.25, 0.3) is 5.69 Å². The van der Waals surface area contributed by atoms with Crippen molar-refractivity contribution >= 4 is 23.1 Å². The number of imidazole rings is 1. The van der Waals surface area contributed by atoms with Crippen LogP contribution in [0.25, 0.3) is 0 Å². The third kappa shape index (κ3) is 2.82. The molecule has 0 N–H and O–H groups in total. The molecule has 0 radical (unpaired) electrons. The van der Waals surface area contributed by atoms with E-state index in [1.165, 1.54) is 12.3 Å². The van der Waals surface area contributed by atoms with Gasteiger partial charge in [0.05, 0.1) is 16.5 Å². The van der Waals surface area contributed by atoms with Gasteiger partial charge < -0.3 is 9.47 Å². The van der Waals surface area contributed by atoms with Crippen molar-refractivity contribution in [2.24, 2.45) is 7.05 Å². The van der Waals surface area contributed by atoms with Crippen molar-refractivity contribution in [1.29, 1.82) is 0 Å². The van der Waals surface area contributed by atoms with E-state index in [0.717, 1.165) is 5.82 Å². The fourth-order valence-electron chi connectivity index (χ4n) is 1.64. The van der Waals surface area contributed by atoms with Gasteiger partial charge >= 0.3 is 0 Å². The average Bonchev–Trinajstić information content (AvgIpc) is 2.74. The Kier molecular flexibility index (Phi) is 3.66. The zero-order chi connectivity index (χ0) is 14.0. The van der Waals surface area contributed by atoms with Crippen LogP contribution in [-0.2, 0) is 13.6 Å². The van der Waals surface area contributed by atoms with Crippen molar-refractivity contribution in [1.82, 2.24) is 14.5 Å². The lowest BCUT2D eigenvalue weighted by molar-refractivity contribution is -0.385. The van der Waals surface area contributed by atoms with Crippen molar-refractivity contribution in [2.45, 2.75) is 6.54 Å². The molecule has 2 heterocycles. The number of pyridine rings is 1. The first-order chi connectivity index (χ1) is 8.99. The van der Waals surface area contributed by atoms with Crippen LogP contribution in [-0.4, -0.2) is 26.5 Å². The van der Waals surface area contributed by atoms with Crippen LogP contribution in [0.3, 0.4) is 0 Å². The van der Waals surface area contributed by atoms with Crippen LogP contribution >= 0.6 is 11.6 Å². The Morgan fingerprint density at radius 1 is 1.53 bits per heavy atom. The Labute approximate surface area is 114 Å². The second kappa shape index (κ2) is 5.23. The molecule has 2 aromatic heterocycles. The Hall–Kier alpha value is -2.15. The lowest BCUT2D eigenvalue weighted by Gasteiger charge is -2.18. The number of hydrogen-bond acceptors (Lipinski definition) is 5.